The van der Waals surface area contributed by atoms with Crippen LogP contribution in [0.5, 0.6) is 0 Å². The minimum absolute atomic E-state index is 0.125. The molecule has 0 amide bonds. The maximum Gasteiger partial charge on any atom is 0.334 e. The Kier molecular flexibility index (Phi) is 4.43. The van der Waals surface area contributed by atoms with Crippen LogP contribution in [0.2, 0.25) is 0 Å². The Bertz CT molecular complexity index is 977. The first-order chi connectivity index (χ1) is 11.8. The zero-order valence-corrected chi connectivity index (χ0v) is 14.1. The summed E-state index contributed by atoms with van der Waals surface area (Å²) in [6.07, 6.45) is 1.42. The lowest BCUT2D eigenvalue weighted by Gasteiger charge is -2.12. The van der Waals surface area contributed by atoms with Gasteiger partial charge in [0, 0.05) is 18.2 Å². The molecule has 0 spiro atoms. The van der Waals surface area contributed by atoms with Crippen molar-refractivity contribution < 1.29 is 26.7 Å². The van der Waals surface area contributed by atoms with Crippen LogP contribution in [-0.4, -0.2) is 27.2 Å². The molecule has 1 aliphatic rings. The molecule has 0 bridgehead atoms. The molecule has 2 aromatic carbocycles. The Morgan fingerprint density at radius 2 is 1.64 bits per heavy atom. The first kappa shape index (κ1) is 17.3. The molecule has 0 saturated carbocycles. The Labute approximate surface area is 143 Å². The molecule has 25 heavy (non-hydrogen) atoms. The number of carbonyl (C=O) groups is 1. The van der Waals surface area contributed by atoms with Gasteiger partial charge in [-0.05, 0) is 41.0 Å². The standard InChI is InChI=1S/C18H14F2O4S/c1-25(22,23)13-5-2-11(3-6-13)17(14-8-9-24-18(14)21)12-4-7-15(19)16(20)10-12/h2-7,10H,8-9H2,1H3. The summed E-state index contributed by atoms with van der Waals surface area (Å²) in [6, 6.07) is 9.24. The van der Waals surface area contributed by atoms with Crippen molar-refractivity contribution in [3.05, 3.63) is 70.8 Å². The van der Waals surface area contributed by atoms with Crippen LogP contribution >= 0.6 is 0 Å². The van der Waals surface area contributed by atoms with Gasteiger partial charge in [0.25, 0.3) is 0 Å². The van der Waals surface area contributed by atoms with Crippen molar-refractivity contribution in [2.75, 3.05) is 12.9 Å². The molecule has 0 unspecified atom stereocenters. The zero-order valence-electron chi connectivity index (χ0n) is 13.3. The number of halogens is 2. The van der Waals surface area contributed by atoms with Crippen LogP contribution in [-0.2, 0) is 19.4 Å². The Morgan fingerprint density at radius 1 is 1.00 bits per heavy atom. The smallest absolute Gasteiger partial charge is 0.334 e. The summed E-state index contributed by atoms with van der Waals surface area (Å²) in [5.41, 5.74) is 1.59. The van der Waals surface area contributed by atoms with E-state index in [-0.39, 0.29) is 11.5 Å². The molecule has 130 valence electrons. The molecule has 1 aliphatic heterocycles. The van der Waals surface area contributed by atoms with Crippen LogP contribution in [0.15, 0.2) is 52.9 Å². The van der Waals surface area contributed by atoms with Crippen LogP contribution < -0.4 is 0 Å². The van der Waals surface area contributed by atoms with Crippen molar-refractivity contribution in [2.24, 2.45) is 0 Å². The minimum atomic E-state index is -3.37. The monoisotopic (exact) mass is 364 g/mol. The summed E-state index contributed by atoms with van der Waals surface area (Å²) in [6.45, 7) is 0.211. The van der Waals surface area contributed by atoms with Crippen LogP contribution in [0.25, 0.3) is 5.57 Å². The van der Waals surface area contributed by atoms with E-state index in [1.165, 1.54) is 30.3 Å². The third kappa shape index (κ3) is 3.46. The SMILES string of the molecule is CS(=O)(=O)c1ccc(C(=C2CCOC2=O)c2ccc(F)c(F)c2)cc1. The molecule has 4 nitrogen and oxygen atoms in total. The number of cyclic esters (lactones) is 1. The molecule has 7 heteroatoms. The summed E-state index contributed by atoms with van der Waals surface area (Å²) in [5.74, 6) is -2.55. The number of hydrogen-bond acceptors (Lipinski definition) is 4. The van der Waals surface area contributed by atoms with Gasteiger partial charge in [0.2, 0.25) is 0 Å². The molecule has 0 atom stereocenters. The average molecular weight is 364 g/mol. The first-order valence-electron chi connectivity index (χ1n) is 7.43. The minimum Gasteiger partial charge on any atom is -0.462 e. The van der Waals surface area contributed by atoms with E-state index in [1.807, 2.05) is 0 Å². The number of esters is 1. The summed E-state index contributed by atoms with van der Waals surface area (Å²) < 4.78 is 55.1. The van der Waals surface area contributed by atoms with E-state index >= 15 is 0 Å². The van der Waals surface area contributed by atoms with Crippen molar-refractivity contribution in [1.29, 1.82) is 0 Å². The van der Waals surface area contributed by atoms with Crippen molar-refractivity contribution in [1.82, 2.24) is 0 Å². The largest absolute Gasteiger partial charge is 0.462 e. The summed E-state index contributed by atoms with van der Waals surface area (Å²) in [7, 11) is -3.37. The lowest BCUT2D eigenvalue weighted by atomic mass is 9.92. The lowest BCUT2D eigenvalue weighted by Crippen LogP contribution is -2.03. The van der Waals surface area contributed by atoms with Crippen LogP contribution in [0.4, 0.5) is 8.78 Å². The van der Waals surface area contributed by atoms with Crippen LogP contribution in [0.3, 0.4) is 0 Å². The van der Waals surface area contributed by atoms with Gasteiger partial charge < -0.3 is 4.74 Å². The quantitative estimate of drug-likeness (QED) is 0.620. The van der Waals surface area contributed by atoms with E-state index in [0.29, 0.717) is 28.7 Å². The van der Waals surface area contributed by atoms with Gasteiger partial charge in [-0.15, -0.1) is 0 Å². The van der Waals surface area contributed by atoms with E-state index in [0.717, 1.165) is 18.4 Å². The third-order valence-electron chi connectivity index (χ3n) is 3.91. The number of benzene rings is 2. The number of sulfone groups is 1. The summed E-state index contributed by atoms with van der Waals surface area (Å²) in [5, 5.41) is 0. The number of rotatable bonds is 3. The van der Waals surface area contributed by atoms with Gasteiger partial charge >= 0.3 is 5.97 Å². The van der Waals surface area contributed by atoms with Gasteiger partial charge in [-0.2, -0.15) is 0 Å². The fourth-order valence-electron chi connectivity index (χ4n) is 2.70. The molecule has 0 aromatic heterocycles. The summed E-state index contributed by atoms with van der Waals surface area (Å²) in [4.78, 5) is 12.1. The molecule has 3 rings (SSSR count). The van der Waals surface area contributed by atoms with E-state index in [9.17, 15) is 22.0 Å². The molecule has 1 heterocycles. The molecule has 0 N–H and O–H groups in total. The average Bonchev–Trinajstić information content (AvgIpc) is 2.97. The zero-order chi connectivity index (χ0) is 18.2. The molecular formula is C18H14F2O4S. The maximum atomic E-state index is 13.7. The molecular weight excluding hydrogens is 350 g/mol. The molecule has 0 radical (unpaired) electrons. The van der Waals surface area contributed by atoms with Gasteiger partial charge in [0.15, 0.2) is 21.5 Å². The van der Waals surface area contributed by atoms with E-state index < -0.39 is 27.4 Å². The van der Waals surface area contributed by atoms with Crippen molar-refractivity contribution in [3.8, 4) is 0 Å². The molecule has 1 saturated heterocycles. The second kappa shape index (κ2) is 6.40. The van der Waals surface area contributed by atoms with Crippen LogP contribution in [0, 0.1) is 11.6 Å². The Hall–Kier alpha value is -2.54. The molecule has 2 aromatic rings. The van der Waals surface area contributed by atoms with Gasteiger partial charge in [-0.1, -0.05) is 18.2 Å². The first-order valence-corrected chi connectivity index (χ1v) is 9.32. The summed E-state index contributed by atoms with van der Waals surface area (Å²) >= 11 is 0. The van der Waals surface area contributed by atoms with E-state index in [4.69, 9.17) is 4.74 Å². The van der Waals surface area contributed by atoms with E-state index in [2.05, 4.69) is 0 Å². The van der Waals surface area contributed by atoms with Crippen molar-refractivity contribution >= 4 is 21.4 Å². The normalized spacial score (nSPS) is 16.7. The van der Waals surface area contributed by atoms with Crippen molar-refractivity contribution in [3.63, 3.8) is 0 Å². The predicted molar refractivity (Wildman–Crippen MR) is 87.5 cm³/mol. The fraction of sp³-hybridized carbons (Fsp3) is 0.167. The number of carbonyl (C=O) groups excluding carboxylic acids is 1. The Balaban J connectivity index is 2.19. The highest BCUT2D eigenvalue weighted by atomic mass is 32.2. The Morgan fingerprint density at radius 3 is 2.16 bits per heavy atom. The second-order valence-electron chi connectivity index (χ2n) is 5.66. The highest BCUT2D eigenvalue weighted by molar-refractivity contribution is 7.90. The highest BCUT2D eigenvalue weighted by Crippen LogP contribution is 2.32. The lowest BCUT2D eigenvalue weighted by molar-refractivity contribution is -0.135. The van der Waals surface area contributed by atoms with Crippen LogP contribution in [0.1, 0.15) is 17.5 Å². The molecule has 0 aliphatic carbocycles. The third-order valence-corrected chi connectivity index (χ3v) is 5.04. The van der Waals surface area contributed by atoms with Gasteiger partial charge in [0.1, 0.15) is 0 Å². The fourth-order valence-corrected chi connectivity index (χ4v) is 3.33. The number of ether oxygens (including phenoxy) is 1. The van der Waals surface area contributed by atoms with Gasteiger partial charge in [0.05, 0.1) is 11.5 Å². The van der Waals surface area contributed by atoms with Crippen molar-refractivity contribution in [2.45, 2.75) is 11.3 Å². The number of hydrogen-bond donors (Lipinski definition) is 0. The second-order valence-corrected chi connectivity index (χ2v) is 7.68. The maximum absolute atomic E-state index is 13.7. The predicted octanol–water partition coefficient (Wildman–Crippen LogP) is 3.12. The van der Waals surface area contributed by atoms with E-state index in [1.54, 1.807) is 0 Å². The van der Waals surface area contributed by atoms with Gasteiger partial charge in [-0.3, -0.25) is 0 Å². The molecule has 1 fully saturated rings. The topological polar surface area (TPSA) is 60.4 Å². The van der Waals surface area contributed by atoms with Gasteiger partial charge in [-0.25, -0.2) is 22.0 Å². The highest BCUT2D eigenvalue weighted by Gasteiger charge is 2.25.